The molecule has 4 aromatic rings. The van der Waals surface area contributed by atoms with Crippen molar-refractivity contribution in [3.8, 4) is 0 Å². The first-order chi connectivity index (χ1) is 17.2. The number of aliphatic hydroxyl groups is 1. The van der Waals surface area contributed by atoms with Gasteiger partial charge in [0, 0.05) is 66.5 Å². The molecule has 0 aliphatic carbocycles. The summed E-state index contributed by atoms with van der Waals surface area (Å²) in [6.07, 6.45) is 6.77. The van der Waals surface area contributed by atoms with Crippen molar-refractivity contribution in [1.82, 2.24) is 9.38 Å². The maximum Gasteiger partial charge on any atom is 0.162 e. The van der Waals surface area contributed by atoms with Crippen molar-refractivity contribution in [3.63, 3.8) is 0 Å². The smallest absolute Gasteiger partial charge is 0.162 e. The number of aryl methyl sites for hydroxylation is 3. The van der Waals surface area contributed by atoms with Crippen LogP contribution in [0.2, 0.25) is 0 Å². The van der Waals surface area contributed by atoms with Gasteiger partial charge in [-0.25, -0.2) is 0 Å². The molecule has 1 N–H and O–H groups in total. The van der Waals surface area contributed by atoms with Crippen LogP contribution in [0.3, 0.4) is 0 Å². The second-order valence-electron chi connectivity index (χ2n) is 9.82. The van der Waals surface area contributed by atoms with Crippen LogP contribution in [0, 0.1) is 45.6 Å². The molecule has 201 valence electrons. The number of fused-ring (bicyclic) bond motifs is 6. The van der Waals surface area contributed by atoms with Gasteiger partial charge in [0.15, 0.2) is 5.78 Å². The van der Waals surface area contributed by atoms with Gasteiger partial charge in [-0.15, -0.1) is 29.1 Å². The van der Waals surface area contributed by atoms with Crippen molar-refractivity contribution in [3.05, 3.63) is 70.7 Å². The molecule has 5 heteroatoms. The number of aliphatic hydroxyl groups excluding tert-OH is 1. The molecule has 0 aliphatic heterocycles. The van der Waals surface area contributed by atoms with Crippen LogP contribution < -0.4 is 0 Å². The summed E-state index contributed by atoms with van der Waals surface area (Å²) in [6.45, 7) is 16.7. The Labute approximate surface area is 235 Å². The van der Waals surface area contributed by atoms with E-state index in [1.165, 1.54) is 33.8 Å². The van der Waals surface area contributed by atoms with Crippen LogP contribution in [0.25, 0.3) is 27.3 Å². The van der Waals surface area contributed by atoms with Gasteiger partial charge < -0.3 is 14.5 Å². The third-order valence-corrected chi connectivity index (χ3v) is 7.71. The Bertz CT molecular complexity index is 1410. The van der Waals surface area contributed by atoms with Crippen molar-refractivity contribution in [2.24, 2.45) is 11.8 Å². The molecule has 1 aromatic carbocycles. The van der Waals surface area contributed by atoms with Crippen molar-refractivity contribution < 1.29 is 30.0 Å². The molecular weight excluding hydrogens is 637 g/mol. The van der Waals surface area contributed by atoms with E-state index in [2.05, 4.69) is 61.3 Å². The van der Waals surface area contributed by atoms with Gasteiger partial charge in [0.2, 0.25) is 0 Å². The van der Waals surface area contributed by atoms with E-state index in [1.54, 1.807) is 0 Å². The average Bonchev–Trinajstić information content (AvgIpc) is 3.10. The van der Waals surface area contributed by atoms with Gasteiger partial charge in [0.05, 0.1) is 5.76 Å². The molecule has 0 amide bonds. The zero-order valence-corrected chi connectivity index (χ0v) is 25.9. The number of hydrogen-bond acceptors (Lipinski definition) is 3. The number of allylic oxidation sites excluding steroid dienone is 2. The second kappa shape index (κ2) is 13.3. The molecular formula is C32H41IrN2O2-. The average molecular weight is 678 g/mol. The summed E-state index contributed by atoms with van der Waals surface area (Å²) >= 11 is 0. The molecule has 3 heterocycles. The Morgan fingerprint density at radius 2 is 1.59 bits per heavy atom. The van der Waals surface area contributed by atoms with E-state index in [0.717, 1.165) is 47.7 Å². The second-order valence-corrected chi connectivity index (χ2v) is 9.82. The fraction of sp³-hybridized carbons (Fsp3) is 0.438. The van der Waals surface area contributed by atoms with Crippen LogP contribution in [0.4, 0.5) is 0 Å². The van der Waals surface area contributed by atoms with Gasteiger partial charge >= 0.3 is 0 Å². The summed E-state index contributed by atoms with van der Waals surface area (Å²) in [5, 5.41) is 12.1. The predicted octanol–water partition coefficient (Wildman–Crippen LogP) is 8.54. The van der Waals surface area contributed by atoms with E-state index in [4.69, 9.17) is 0 Å². The fourth-order valence-electron chi connectivity index (χ4n) is 5.11. The first kappa shape index (κ1) is 30.7. The summed E-state index contributed by atoms with van der Waals surface area (Å²) in [4.78, 5) is 16.3. The molecule has 0 unspecified atom stereocenters. The molecule has 0 spiro atoms. The summed E-state index contributed by atoms with van der Waals surface area (Å²) < 4.78 is 2.35. The quantitative estimate of drug-likeness (QED) is 0.0924. The van der Waals surface area contributed by atoms with E-state index in [0.29, 0.717) is 0 Å². The van der Waals surface area contributed by atoms with Crippen molar-refractivity contribution in [2.45, 2.75) is 81.1 Å². The Kier molecular flexibility index (Phi) is 11.1. The number of carbonyl (C=O) groups is 1. The van der Waals surface area contributed by atoms with Crippen LogP contribution >= 0.6 is 0 Å². The molecule has 0 bridgehead atoms. The minimum absolute atomic E-state index is 0. The third kappa shape index (κ3) is 6.16. The number of carbonyl (C=O) groups excluding carboxylic acids is 1. The van der Waals surface area contributed by atoms with Gasteiger partial charge in [-0.2, -0.15) is 0 Å². The molecule has 1 radical (unpaired) electrons. The van der Waals surface area contributed by atoms with Gasteiger partial charge in [-0.3, -0.25) is 4.79 Å². The molecule has 0 fully saturated rings. The minimum atomic E-state index is 0. The van der Waals surface area contributed by atoms with Crippen molar-refractivity contribution >= 4 is 33.1 Å². The molecule has 4 rings (SSSR count). The molecule has 0 atom stereocenters. The third-order valence-electron chi connectivity index (χ3n) is 7.71. The topological polar surface area (TPSA) is 54.6 Å². The minimum Gasteiger partial charge on any atom is -0.512 e. The van der Waals surface area contributed by atoms with Crippen LogP contribution in [-0.2, 0) is 24.9 Å². The van der Waals surface area contributed by atoms with E-state index in [9.17, 15) is 9.90 Å². The Morgan fingerprint density at radius 1 is 0.973 bits per heavy atom. The van der Waals surface area contributed by atoms with Gasteiger partial charge in [-0.05, 0) is 69.7 Å². The van der Waals surface area contributed by atoms with Gasteiger partial charge in [0.25, 0.3) is 0 Å². The molecule has 4 nitrogen and oxygen atoms in total. The van der Waals surface area contributed by atoms with Crippen LogP contribution in [0.15, 0.2) is 42.3 Å². The largest absolute Gasteiger partial charge is 0.512 e. The zero-order valence-electron chi connectivity index (χ0n) is 23.5. The van der Waals surface area contributed by atoms with E-state index >= 15 is 0 Å². The number of rotatable bonds is 7. The number of nitrogens with zero attached hydrogens (tertiary/aromatic N) is 2. The Morgan fingerprint density at radius 3 is 2.19 bits per heavy atom. The summed E-state index contributed by atoms with van der Waals surface area (Å²) in [6, 6.07) is 12.0. The Balaban J connectivity index is 0.000000271. The van der Waals surface area contributed by atoms with Crippen molar-refractivity contribution in [2.75, 3.05) is 0 Å². The maximum absolute atomic E-state index is 11.7. The monoisotopic (exact) mass is 678 g/mol. The first-order valence-corrected chi connectivity index (χ1v) is 13.3. The number of ketones is 1. The number of pyridine rings is 2. The fourth-order valence-corrected chi connectivity index (χ4v) is 5.11. The molecule has 0 aliphatic rings. The summed E-state index contributed by atoms with van der Waals surface area (Å²) in [5.41, 5.74) is 8.63. The summed E-state index contributed by atoms with van der Waals surface area (Å²) in [7, 11) is 0. The molecule has 0 saturated heterocycles. The first-order valence-electron chi connectivity index (χ1n) is 13.3. The zero-order chi connectivity index (χ0) is 26.6. The number of hydrogen-bond donors (Lipinski definition) is 1. The normalized spacial score (nSPS) is 11.8. The predicted molar refractivity (Wildman–Crippen MR) is 152 cm³/mol. The molecule has 37 heavy (non-hydrogen) atoms. The standard InChI is InChI=1S/C19H17N2.C13H24O2.Ir/c1-11-7-8-15-16(10-11)18-17(6-5-9-20-18)21-14(4)12(2)13(3)19(15)21;1-5-10(6-2)12(14)9-13(15)11(7-3)8-4;/h5-9H,1-4H3;9-11,14H,5-8H2,1-4H3;/q-1;;/b;12-9-;. The maximum atomic E-state index is 11.7. The van der Waals surface area contributed by atoms with Gasteiger partial charge in [-0.1, -0.05) is 40.0 Å². The number of aromatic nitrogens is 2. The van der Waals surface area contributed by atoms with E-state index in [-0.39, 0.29) is 43.5 Å². The van der Waals surface area contributed by atoms with Crippen LogP contribution in [0.1, 0.15) is 75.8 Å². The van der Waals surface area contributed by atoms with E-state index < -0.39 is 0 Å². The van der Waals surface area contributed by atoms with E-state index in [1.807, 2.05) is 40.0 Å². The van der Waals surface area contributed by atoms with Crippen molar-refractivity contribution in [1.29, 1.82) is 0 Å². The van der Waals surface area contributed by atoms with Crippen LogP contribution in [-0.4, -0.2) is 20.3 Å². The molecule has 0 saturated carbocycles. The van der Waals surface area contributed by atoms with Gasteiger partial charge in [0.1, 0.15) is 0 Å². The SMILES string of the molecule is CCC(CC)C(=O)/C=C(\O)C(CC)CC.Cc1[c-]c2c(cc1)c1c(C)c(C)c(C)n1c1cccnc21.[Ir]. The number of benzene rings is 1. The van der Waals surface area contributed by atoms with Crippen LogP contribution in [0.5, 0.6) is 0 Å². The summed E-state index contributed by atoms with van der Waals surface area (Å²) in [5.74, 6) is 0.547. The molecule has 3 aromatic heterocycles. The Hall–Kier alpha value is -2.49.